The third-order valence-electron chi connectivity index (χ3n) is 2.10. The molecule has 0 atom stereocenters. The summed E-state index contributed by atoms with van der Waals surface area (Å²) in [7, 11) is 0. The van der Waals surface area contributed by atoms with E-state index in [1.54, 1.807) is 0 Å². The zero-order valence-corrected chi connectivity index (χ0v) is 6.41. The molecule has 0 aromatic rings. The first-order chi connectivity index (χ1) is 5.34. The second-order valence-electron chi connectivity index (χ2n) is 2.87. The first-order valence-corrected chi connectivity index (χ1v) is 3.98. The molecule has 62 valence electrons. The van der Waals surface area contributed by atoms with E-state index in [1.165, 1.54) is 6.42 Å². The molecule has 0 bridgehead atoms. The van der Waals surface area contributed by atoms with Crippen molar-refractivity contribution in [1.29, 1.82) is 0 Å². The number of esters is 1. The van der Waals surface area contributed by atoms with Crippen LogP contribution in [0.15, 0.2) is 0 Å². The topological polar surface area (TPSA) is 43.4 Å². The Kier molecular flexibility index (Phi) is 3.08. The van der Waals surface area contributed by atoms with E-state index in [2.05, 4.69) is 4.74 Å². The van der Waals surface area contributed by atoms with Crippen molar-refractivity contribution in [2.45, 2.75) is 32.1 Å². The molecule has 0 aliphatic heterocycles. The Labute approximate surface area is 65.7 Å². The van der Waals surface area contributed by atoms with Crippen molar-refractivity contribution < 1.29 is 14.3 Å². The van der Waals surface area contributed by atoms with E-state index >= 15 is 0 Å². The van der Waals surface area contributed by atoms with Crippen LogP contribution in [0.1, 0.15) is 32.1 Å². The molecule has 0 N–H and O–H groups in total. The van der Waals surface area contributed by atoms with Gasteiger partial charge in [-0.2, -0.15) is 0 Å². The molecular weight excluding hydrogens is 144 g/mol. The van der Waals surface area contributed by atoms with E-state index in [9.17, 15) is 9.59 Å². The van der Waals surface area contributed by atoms with Gasteiger partial charge in [0.2, 0.25) is 0 Å². The third-order valence-corrected chi connectivity index (χ3v) is 2.10. The molecule has 0 unspecified atom stereocenters. The van der Waals surface area contributed by atoms with Gasteiger partial charge in [0, 0.05) is 0 Å². The monoisotopic (exact) mass is 156 g/mol. The van der Waals surface area contributed by atoms with Gasteiger partial charge in [0.1, 0.15) is 0 Å². The van der Waals surface area contributed by atoms with E-state index in [-0.39, 0.29) is 18.4 Å². The lowest BCUT2D eigenvalue weighted by Crippen LogP contribution is -2.19. The molecule has 0 radical (unpaired) electrons. The SMILES string of the molecule is O=COC(=O)C1CCCCC1. The van der Waals surface area contributed by atoms with Gasteiger partial charge in [0.05, 0.1) is 5.92 Å². The molecule has 3 nitrogen and oxygen atoms in total. The Bertz CT molecular complexity index is 147. The summed E-state index contributed by atoms with van der Waals surface area (Å²) >= 11 is 0. The minimum atomic E-state index is -0.347. The average molecular weight is 156 g/mol. The number of hydrogen-bond acceptors (Lipinski definition) is 3. The standard InChI is InChI=1S/C8H12O3/c9-6-11-8(10)7-4-2-1-3-5-7/h6-7H,1-5H2. The van der Waals surface area contributed by atoms with Crippen LogP contribution in [0.2, 0.25) is 0 Å². The smallest absolute Gasteiger partial charge is 0.316 e. The first-order valence-electron chi connectivity index (χ1n) is 3.98. The molecule has 0 amide bonds. The number of ether oxygens (including phenoxy) is 1. The van der Waals surface area contributed by atoms with E-state index in [4.69, 9.17) is 0 Å². The van der Waals surface area contributed by atoms with Crippen LogP contribution >= 0.6 is 0 Å². The Morgan fingerprint density at radius 2 is 1.91 bits per heavy atom. The van der Waals surface area contributed by atoms with Crippen molar-refractivity contribution in [3.63, 3.8) is 0 Å². The van der Waals surface area contributed by atoms with Crippen molar-refractivity contribution >= 4 is 12.4 Å². The van der Waals surface area contributed by atoms with Gasteiger partial charge in [-0.15, -0.1) is 0 Å². The first kappa shape index (κ1) is 8.24. The Hall–Kier alpha value is -0.860. The van der Waals surface area contributed by atoms with E-state index in [1.807, 2.05) is 0 Å². The maximum absolute atomic E-state index is 10.9. The summed E-state index contributed by atoms with van der Waals surface area (Å²) in [6, 6.07) is 0. The molecular formula is C8H12O3. The Balaban J connectivity index is 2.32. The number of hydrogen-bond donors (Lipinski definition) is 0. The van der Waals surface area contributed by atoms with Gasteiger partial charge >= 0.3 is 12.4 Å². The molecule has 1 aliphatic carbocycles. The summed E-state index contributed by atoms with van der Waals surface area (Å²) in [5, 5.41) is 0. The summed E-state index contributed by atoms with van der Waals surface area (Å²) in [6.07, 6.45) is 5.13. The molecule has 1 rings (SSSR count). The molecule has 0 aromatic heterocycles. The summed E-state index contributed by atoms with van der Waals surface area (Å²) in [6.45, 7) is 0.219. The molecule has 11 heavy (non-hydrogen) atoms. The second kappa shape index (κ2) is 4.11. The summed E-state index contributed by atoms with van der Waals surface area (Å²) in [5.41, 5.74) is 0. The lowest BCUT2D eigenvalue weighted by atomic mass is 9.89. The summed E-state index contributed by atoms with van der Waals surface area (Å²) in [4.78, 5) is 20.8. The number of carbonyl (C=O) groups is 2. The maximum Gasteiger partial charge on any atom is 0.316 e. The van der Waals surface area contributed by atoms with Crippen LogP contribution in [0, 0.1) is 5.92 Å². The van der Waals surface area contributed by atoms with Gasteiger partial charge in [0.15, 0.2) is 0 Å². The average Bonchev–Trinajstić information content (AvgIpc) is 2.07. The Morgan fingerprint density at radius 3 is 2.45 bits per heavy atom. The van der Waals surface area contributed by atoms with Gasteiger partial charge in [0.25, 0.3) is 0 Å². The predicted molar refractivity (Wildman–Crippen MR) is 38.7 cm³/mol. The fourth-order valence-electron chi connectivity index (χ4n) is 1.48. The van der Waals surface area contributed by atoms with Crippen LogP contribution in [0.4, 0.5) is 0 Å². The molecule has 0 spiro atoms. The number of carbonyl (C=O) groups excluding carboxylic acids is 2. The maximum atomic E-state index is 10.9. The highest BCUT2D eigenvalue weighted by atomic mass is 16.6. The van der Waals surface area contributed by atoms with Crippen LogP contribution < -0.4 is 0 Å². The molecule has 0 aromatic carbocycles. The van der Waals surface area contributed by atoms with Crippen molar-refractivity contribution in [1.82, 2.24) is 0 Å². The minimum Gasteiger partial charge on any atom is -0.395 e. The van der Waals surface area contributed by atoms with Gasteiger partial charge in [-0.1, -0.05) is 19.3 Å². The zero-order chi connectivity index (χ0) is 8.10. The van der Waals surface area contributed by atoms with Crippen molar-refractivity contribution in [2.75, 3.05) is 0 Å². The van der Waals surface area contributed by atoms with Gasteiger partial charge < -0.3 is 4.74 Å². The normalized spacial score (nSPS) is 19.3. The third kappa shape index (κ3) is 2.33. The fraction of sp³-hybridized carbons (Fsp3) is 0.750. The summed E-state index contributed by atoms with van der Waals surface area (Å²) < 4.78 is 4.26. The zero-order valence-electron chi connectivity index (χ0n) is 6.41. The molecule has 1 aliphatic rings. The number of rotatable bonds is 2. The van der Waals surface area contributed by atoms with Gasteiger partial charge in [-0.3, -0.25) is 9.59 Å². The van der Waals surface area contributed by atoms with Gasteiger partial charge in [-0.05, 0) is 12.8 Å². The van der Waals surface area contributed by atoms with Crippen LogP contribution in [0.5, 0.6) is 0 Å². The van der Waals surface area contributed by atoms with Crippen molar-refractivity contribution in [3.05, 3.63) is 0 Å². The molecule has 0 saturated heterocycles. The fourth-order valence-corrected chi connectivity index (χ4v) is 1.48. The van der Waals surface area contributed by atoms with Crippen molar-refractivity contribution in [2.24, 2.45) is 5.92 Å². The van der Waals surface area contributed by atoms with E-state index in [0.717, 1.165) is 25.7 Å². The highest BCUT2D eigenvalue weighted by Crippen LogP contribution is 2.24. The minimum absolute atomic E-state index is 0.0195. The highest BCUT2D eigenvalue weighted by molar-refractivity contribution is 5.78. The molecule has 0 heterocycles. The predicted octanol–water partition coefficient (Wildman–Crippen LogP) is 1.27. The quantitative estimate of drug-likeness (QED) is 0.343. The highest BCUT2D eigenvalue weighted by Gasteiger charge is 2.21. The lowest BCUT2D eigenvalue weighted by Gasteiger charge is -2.17. The van der Waals surface area contributed by atoms with E-state index in [0.29, 0.717) is 0 Å². The van der Waals surface area contributed by atoms with E-state index < -0.39 is 0 Å². The Morgan fingerprint density at radius 1 is 1.27 bits per heavy atom. The molecule has 1 saturated carbocycles. The van der Waals surface area contributed by atoms with Crippen LogP contribution in [0.3, 0.4) is 0 Å². The van der Waals surface area contributed by atoms with Crippen LogP contribution in [-0.2, 0) is 14.3 Å². The lowest BCUT2D eigenvalue weighted by molar-refractivity contribution is -0.155. The van der Waals surface area contributed by atoms with Crippen LogP contribution in [-0.4, -0.2) is 12.4 Å². The second-order valence-corrected chi connectivity index (χ2v) is 2.87. The summed E-state index contributed by atoms with van der Waals surface area (Å²) in [5.74, 6) is -0.367. The van der Waals surface area contributed by atoms with Crippen molar-refractivity contribution in [3.8, 4) is 0 Å². The molecule has 1 fully saturated rings. The van der Waals surface area contributed by atoms with Crippen LogP contribution in [0.25, 0.3) is 0 Å². The van der Waals surface area contributed by atoms with Gasteiger partial charge in [-0.25, -0.2) is 0 Å². The molecule has 3 heteroatoms. The largest absolute Gasteiger partial charge is 0.395 e.